The number of carbonyl (C=O) groups excluding carboxylic acids is 4. The van der Waals surface area contributed by atoms with Crippen LogP contribution in [0.2, 0.25) is 0 Å². The molecule has 0 fully saturated rings. The summed E-state index contributed by atoms with van der Waals surface area (Å²) in [7, 11) is 0. The number of hydrogen-bond acceptors (Lipinski definition) is 10. The van der Waals surface area contributed by atoms with E-state index < -0.39 is 5.97 Å². The van der Waals surface area contributed by atoms with Gasteiger partial charge in [0.15, 0.2) is 0 Å². The van der Waals surface area contributed by atoms with Crippen LogP contribution < -0.4 is 42.0 Å². The second kappa shape index (κ2) is 36.7. The predicted molar refractivity (Wildman–Crippen MR) is 155 cm³/mol. The van der Waals surface area contributed by atoms with Crippen molar-refractivity contribution >= 4 is 24.1 Å². The Balaban J connectivity index is -0.000000116. The zero-order valence-corrected chi connectivity index (χ0v) is 31.0. The average Bonchev–Trinajstić information content (AvgIpc) is 2.88. The number of ether oxygens (including phenoxy) is 2. The Labute approximate surface area is 292 Å². The van der Waals surface area contributed by atoms with Crippen molar-refractivity contribution in [3.8, 4) is 18.2 Å². The molecule has 0 amide bonds. The van der Waals surface area contributed by atoms with Gasteiger partial charge in [-0.3, -0.25) is 14.4 Å². The van der Waals surface area contributed by atoms with Crippen molar-refractivity contribution in [2.24, 2.45) is 41.4 Å². The summed E-state index contributed by atoms with van der Waals surface area (Å²) in [5, 5.41) is 34.7. The van der Waals surface area contributed by atoms with Crippen molar-refractivity contribution < 1.29 is 80.5 Å². The SMILES string of the molecule is CC(C)C[C@H](C#N)CC(=O)O.CCOC(=O)C(CC)[C@@H](C#N)CC(C)C.CCOC(=O)C[C@@H](C#N)CC(C)C.O=C=O.[Cl-].[Na+]. The second-order valence-electron chi connectivity index (χ2n) is 10.7. The number of nitriles is 3. The van der Waals surface area contributed by atoms with Crippen molar-refractivity contribution in [1.82, 2.24) is 0 Å². The minimum atomic E-state index is -0.891. The van der Waals surface area contributed by atoms with Crippen LogP contribution in [0.5, 0.6) is 0 Å². The predicted octanol–water partition coefficient (Wildman–Crippen LogP) is -0.0415. The summed E-state index contributed by atoms with van der Waals surface area (Å²) >= 11 is 0. The van der Waals surface area contributed by atoms with Gasteiger partial charge in [0.1, 0.15) is 0 Å². The Kier molecular flexibility index (Phi) is 45.1. The van der Waals surface area contributed by atoms with Crippen LogP contribution in [0.1, 0.15) is 101 Å². The van der Waals surface area contributed by atoms with Gasteiger partial charge in [0.05, 0.1) is 67.9 Å². The van der Waals surface area contributed by atoms with E-state index >= 15 is 0 Å². The van der Waals surface area contributed by atoms with Crippen LogP contribution in [-0.4, -0.2) is 42.4 Å². The molecule has 0 heterocycles. The van der Waals surface area contributed by atoms with E-state index in [2.05, 4.69) is 26.0 Å². The normalized spacial score (nSPS) is 11.8. The van der Waals surface area contributed by atoms with E-state index in [1.54, 1.807) is 13.8 Å². The van der Waals surface area contributed by atoms with E-state index in [0.717, 1.165) is 12.8 Å². The van der Waals surface area contributed by atoms with Gasteiger partial charge in [-0.1, -0.05) is 48.5 Å². The molecule has 0 aromatic carbocycles. The van der Waals surface area contributed by atoms with Gasteiger partial charge in [-0.25, -0.2) is 0 Å². The molecule has 11 nitrogen and oxygen atoms in total. The van der Waals surface area contributed by atoms with Crippen LogP contribution in [0.25, 0.3) is 0 Å². The van der Waals surface area contributed by atoms with Crippen LogP contribution >= 0.6 is 0 Å². The molecule has 0 aliphatic heterocycles. The molecule has 0 bridgehead atoms. The summed E-state index contributed by atoms with van der Waals surface area (Å²) < 4.78 is 9.73. The minimum Gasteiger partial charge on any atom is -1.00 e. The number of aliphatic carboxylic acids is 1. The first-order valence-corrected chi connectivity index (χ1v) is 14.4. The summed E-state index contributed by atoms with van der Waals surface area (Å²) in [6, 6.07) is 6.33. The zero-order valence-electron chi connectivity index (χ0n) is 28.2. The van der Waals surface area contributed by atoms with Crippen LogP contribution in [0.3, 0.4) is 0 Å². The maximum absolute atomic E-state index is 11.6. The van der Waals surface area contributed by atoms with E-state index in [4.69, 9.17) is 40.0 Å². The quantitative estimate of drug-likeness (QED) is 0.184. The summed E-state index contributed by atoms with van der Waals surface area (Å²) in [6.45, 7) is 18.4. The zero-order chi connectivity index (χ0) is 33.7. The minimum absolute atomic E-state index is 0. The third-order valence-electron chi connectivity index (χ3n) is 5.42. The standard InChI is InChI=1S/C12H21NO2.C10H17NO2.C8H13NO2.CO2.ClH.Na/c1-5-11(12(14)15-6-2)10(8-13)7-9(3)4;1-4-13-10(12)6-9(7-11)5-8(2)3;1-6(2)3-7(5-9)4-8(10)11;2-1-3;;/h9-11H,5-7H2,1-4H3;8-9H,4-6H2,1-3H3;6-7H,3-4H2,1-2H3,(H,10,11);;1H;/q;;;;;+1/p-1/t10-,11?;9-;7-;;;/m100.../s1. The molecule has 44 heavy (non-hydrogen) atoms. The first-order valence-electron chi connectivity index (χ1n) is 14.4. The molecule has 1 unspecified atom stereocenters. The van der Waals surface area contributed by atoms with E-state index in [9.17, 15) is 14.4 Å². The van der Waals surface area contributed by atoms with E-state index in [1.165, 1.54) is 0 Å². The summed E-state index contributed by atoms with van der Waals surface area (Å²) in [5.74, 6) is -1.13. The summed E-state index contributed by atoms with van der Waals surface area (Å²) in [4.78, 5) is 49.1. The van der Waals surface area contributed by atoms with Crippen molar-refractivity contribution in [2.45, 2.75) is 101 Å². The molecule has 0 aliphatic rings. The largest absolute Gasteiger partial charge is 1.00 e. The molecule has 0 saturated carbocycles. The van der Waals surface area contributed by atoms with Crippen LogP contribution in [-0.2, 0) is 33.4 Å². The van der Waals surface area contributed by atoms with Crippen LogP contribution in [0.15, 0.2) is 0 Å². The molecule has 0 spiro atoms. The van der Waals surface area contributed by atoms with Crippen LogP contribution in [0, 0.1) is 75.4 Å². The molecule has 0 aliphatic carbocycles. The summed E-state index contributed by atoms with van der Waals surface area (Å²) in [6.07, 6.45) is 3.30. The van der Waals surface area contributed by atoms with E-state index in [1.807, 2.05) is 40.7 Å². The van der Waals surface area contributed by atoms with Gasteiger partial charge in [-0.2, -0.15) is 25.4 Å². The van der Waals surface area contributed by atoms with Gasteiger partial charge in [-0.15, -0.1) is 0 Å². The number of hydrogen-bond donors (Lipinski definition) is 1. The Morgan fingerprint density at radius 2 is 1.09 bits per heavy atom. The van der Waals surface area contributed by atoms with Gasteiger partial charge >= 0.3 is 53.6 Å². The number of nitrogens with zero attached hydrogens (tertiary/aromatic N) is 3. The van der Waals surface area contributed by atoms with Crippen molar-refractivity contribution in [3.63, 3.8) is 0 Å². The Morgan fingerprint density at radius 3 is 1.36 bits per heavy atom. The van der Waals surface area contributed by atoms with Crippen molar-refractivity contribution in [3.05, 3.63) is 0 Å². The fourth-order valence-electron chi connectivity index (χ4n) is 3.81. The van der Waals surface area contributed by atoms with Crippen molar-refractivity contribution in [2.75, 3.05) is 13.2 Å². The number of carboxylic acid groups (broad SMARTS) is 1. The molecule has 13 heteroatoms. The maximum Gasteiger partial charge on any atom is 1.00 e. The third-order valence-corrected chi connectivity index (χ3v) is 5.42. The first-order chi connectivity index (χ1) is 19.6. The molecule has 0 aromatic heterocycles. The van der Waals surface area contributed by atoms with Crippen molar-refractivity contribution in [1.29, 1.82) is 15.8 Å². The fraction of sp³-hybridized carbons (Fsp3) is 0.774. The van der Waals surface area contributed by atoms with Gasteiger partial charge in [-0.05, 0) is 57.3 Å². The third kappa shape index (κ3) is 37.6. The second-order valence-corrected chi connectivity index (χ2v) is 10.7. The Hall–Kier alpha value is -2.45. The molecule has 0 saturated heterocycles. The fourth-order valence-corrected chi connectivity index (χ4v) is 3.81. The molecule has 4 atom stereocenters. The average molecular weight is 652 g/mol. The molecule has 246 valence electrons. The molecule has 0 radical (unpaired) electrons. The molecule has 1 N–H and O–H groups in total. The maximum atomic E-state index is 11.6. The van der Waals surface area contributed by atoms with Gasteiger partial charge < -0.3 is 27.0 Å². The molecular weight excluding hydrogens is 601 g/mol. The van der Waals surface area contributed by atoms with E-state index in [0.29, 0.717) is 43.8 Å². The number of carbonyl (C=O) groups is 3. The summed E-state index contributed by atoms with van der Waals surface area (Å²) in [5.41, 5.74) is 0. The van der Waals surface area contributed by atoms with Gasteiger partial charge in [0.25, 0.3) is 0 Å². The van der Waals surface area contributed by atoms with Crippen LogP contribution in [0.4, 0.5) is 0 Å². The van der Waals surface area contributed by atoms with E-state index in [-0.39, 0.29) is 96.6 Å². The topological polar surface area (TPSA) is 195 Å². The number of rotatable bonds is 15. The Morgan fingerprint density at radius 1 is 0.705 bits per heavy atom. The number of esters is 2. The monoisotopic (exact) mass is 651 g/mol. The molecule has 0 rings (SSSR count). The first kappa shape index (κ1) is 54.1. The number of halogens is 1. The smallest absolute Gasteiger partial charge is 1.00 e. The molecule has 0 aromatic rings. The van der Waals surface area contributed by atoms with Gasteiger partial charge in [0.2, 0.25) is 0 Å². The molecular formula is C31H51ClN3NaO8. The Bertz CT molecular complexity index is 905. The van der Waals surface area contributed by atoms with Gasteiger partial charge in [0, 0.05) is 0 Å². The number of carboxylic acids is 1.